The van der Waals surface area contributed by atoms with Crippen LogP contribution in [0, 0.1) is 11.8 Å². The molecule has 1 saturated heterocycles. The number of carbonyl (C=O) groups is 2. The highest BCUT2D eigenvalue weighted by molar-refractivity contribution is 6.74. The van der Waals surface area contributed by atoms with Crippen molar-refractivity contribution < 1.29 is 23.9 Å². The Bertz CT molecular complexity index is 731. The van der Waals surface area contributed by atoms with Gasteiger partial charge in [0.25, 0.3) is 0 Å². The summed E-state index contributed by atoms with van der Waals surface area (Å²) < 4.78 is 11.8. The second kappa shape index (κ2) is 9.62. The molecule has 1 heterocycles. The average molecular weight is 436 g/mol. The van der Waals surface area contributed by atoms with E-state index in [9.17, 15) is 14.7 Å². The molecule has 4 atom stereocenters. The number of hydrogen-bond donors (Lipinski definition) is 1. The van der Waals surface area contributed by atoms with Crippen LogP contribution in [-0.2, 0) is 20.4 Å². The molecule has 1 aromatic rings. The second-order valence-corrected chi connectivity index (χ2v) is 14.7. The van der Waals surface area contributed by atoms with E-state index in [1.54, 1.807) is 6.92 Å². The van der Waals surface area contributed by atoms with Crippen LogP contribution in [0.3, 0.4) is 0 Å². The predicted molar refractivity (Wildman–Crippen MR) is 120 cm³/mol. The first-order chi connectivity index (χ1) is 13.9. The van der Waals surface area contributed by atoms with E-state index in [1.165, 1.54) is 4.90 Å². The number of benzene rings is 1. The lowest BCUT2D eigenvalue weighted by atomic mass is 9.92. The lowest BCUT2D eigenvalue weighted by Gasteiger charge is -2.42. The SMILES string of the molecule is CC(CO)[C@@H](O[Si](C)(C)C(C)(C)C)[C@H](C)C(=O)N1C(=O)OC[C@@H]1Cc1ccccc1. The van der Waals surface area contributed by atoms with Crippen molar-refractivity contribution in [2.75, 3.05) is 13.2 Å². The van der Waals surface area contributed by atoms with Crippen LogP contribution in [0.25, 0.3) is 0 Å². The summed E-state index contributed by atoms with van der Waals surface area (Å²) in [7, 11) is -2.19. The van der Waals surface area contributed by atoms with Gasteiger partial charge in [-0.3, -0.25) is 4.79 Å². The van der Waals surface area contributed by atoms with Crippen molar-refractivity contribution in [3.05, 3.63) is 35.9 Å². The van der Waals surface area contributed by atoms with Crippen molar-refractivity contribution in [3.8, 4) is 0 Å². The van der Waals surface area contributed by atoms with Gasteiger partial charge in [-0.1, -0.05) is 65.0 Å². The molecule has 0 aromatic heterocycles. The van der Waals surface area contributed by atoms with Crippen molar-refractivity contribution in [1.82, 2.24) is 4.90 Å². The summed E-state index contributed by atoms with van der Waals surface area (Å²) >= 11 is 0. The molecule has 2 amide bonds. The van der Waals surface area contributed by atoms with Crippen LogP contribution in [-0.4, -0.2) is 55.7 Å². The van der Waals surface area contributed by atoms with Gasteiger partial charge in [-0.25, -0.2) is 9.69 Å². The molecule has 2 rings (SSSR count). The topological polar surface area (TPSA) is 76.1 Å². The number of cyclic esters (lactones) is 1. The fourth-order valence-electron chi connectivity index (χ4n) is 3.46. The summed E-state index contributed by atoms with van der Waals surface area (Å²) in [5.74, 6) is -1.11. The largest absolute Gasteiger partial charge is 0.447 e. The zero-order chi connectivity index (χ0) is 22.7. The highest BCUT2D eigenvalue weighted by Gasteiger charge is 2.46. The minimum atomic E-state index is -2.19. The first-order valence-electron chi connectivity index (χ1n) is 10.7. The Morgan fingerprint density at radius 3 is 2.40 bits per heavy atom. The molecule has 1 aliphatic rings. The molecule has 0 bridgehead atoms. The molecule has 0 spiro atoms. The van der Waals surface area contributed by atoms with Crippen molar-refractivity contribution in [2.45, 2.75) is 71.3 Å². The number of nitrogens with zero attached hydrogens (tertiary/aromatic N) is 1. The maximum absolute atomic E-state index is 13.4. The van der Waals surface area contributed by atoms with Crippen LogP contribution in [0.2, 0.25) is 18.1 Å². The van der Waals surface area contributed by atoms with Crippen molar-refractivity contribution >= 4 is 20.3 Å². The molecular formula is C23H37NO5Si. The Labute approximate surface area is 181 Å². The van der Waals surface area contributed by atoms with Gasteiger partial charge in [0.2, 0.25) is 5.91 Å². The van der Waals surface area contributed by atoms with Crippen LogP contribution in [0.4, 0.5) is 4.79 Å². The third kappa shape index (κ3) is 5.50. The molecule has 1 aliphatic heterocycles. The van der Waals surface area contributed by atoms with Gasteiger partial charge in [0, 0.05) is 12.5 Å². The molecule has 0 radical (unpaired) electrons. The number of aliphatic hydroxyl groups is 1. The normalized spacial score (nSPS) is 20.6. The molecule has 1 fully saturated rings. The van der Waals surface area contributed by atoms with Gasteiger partial charge >= 0.3 is 6.09 Å². The number of hydrogen-bond acceptors (Lipinski definition) is 5. The Morgan fingerprint density at radius 2 is 1.87 bits per heavy atom. The zero-order valence-corrected chi connectivity index (χ0v) is 20.3. The van der Waals surface area contributed by atoms with Crippen molar-refractivity contribution in [2.24, 2.45) is 11.8 Å². The standard InChI is InChI=1S/C23H37NO5Si/c1-16(14-25)20(29-30(6,7)23(3,4)5)17(2)21(26)24-19(15-28-22(24)27)13-18-11-9-8-10-12-18/h8-12,16-17,19-20,25H,13-15H2,1-7H3/t16?,17-,19-,20+/m0/s1. The number of imide groups is 1. The minimum absolute atomic E-state index is 0.0361. The smallest absolute Gasteiger partial charge is 0.416 e. The summed E-state index contributed by atoms with van der Waals surface area (Å²) in [4.78, 5) is 27.1. The zero-order valence-electron chi connectivity index (χ0n) is 19.3. The Hall–Kier alpha value is -1.70. The first-order valence-corrected chi connectivity index (χ1v) is 13.6. The summed E-state index contributed by atoms with van der Waals surface area (Å²) in [5.41, 5.74) is 1.05. The molecule has 1 N–H and O–H groups in total. The quantitative estimate of drug-likeness (QED) is 0.618. The Morgan fingerprint density at radius 1 is 1.27 bits per heavy atom. The van der Waals surface area contributed by atoms with E-state index in [0.29, 0.717) is 6.42 Å². The fraction of sp³-hybridized carbons (Fsp3) is 0.652. The number of ether oxygens (including phenoxy) is 1. The number of rotatable bonds is 8. The van der Waals surface area contributed by atoms with E-state index < -0.39 is 26.4 Å². The fourth-order valence-corrected chi connectivity index (χ4v) is 4.93. The molecule has 0 aliphatic carbocycles. The first kappa shape index (κ1) is 24.6. The highest BCUT2D eigenvalue weighted by atomic mass is 28.4. The van der Waals surface area contributed by atoms with Gasteiger partial charge in [0.1, 0.15) is 6.61 Å². The summed E-state index contributed by atoms with van der Waals surface area (Å²) in [5, 5.41) is 9.78. The third-order valence-corrected chi connectivity index (χ3v) is 11.0. The maximum Gasteiger partial charge on any atom is 0.416 e. The lowest BCUT2D eigenvalue weighted by molar-refractivity contribution is -0.137. The van der Waals surface area contributed by atoms with Crippen LogP contribution in [0.5, 0.6) is 0 Å². The Balaban J connectivity index is 2.24. The number of carbonyl (C=O) groups excluding carboxylic acids is 2. The van der Waals surface area contributed by atoms with E-state index in [4.69, 9.17) is 9.16 Å². The Kier molecular flexibility index (Phi) is 7.88. The maximum atomic E-state index is 13.4. The molecule has 1 aromatic carbocycles. The molecule has 6 nitrogen and oxygen atoms in total. The minimum Gasteiger partial charge on any atom is -0.447 e. The van der Waals surface area contributed by atoms with Crippen LogP contribution in [0.1, 0.15) is 40.2 Å². The van der Waals surface area contributed by atoms with Gasteiger partial charge in [-0.15, -0.1) is 0 Å². The van der Waals surface area contributed by atoms with E-state index in [-0.39, 0.29) is 36.1 Å². The number of amides is 2. The van der Waals surface area contributed by atoms with Crippen LogP contribution >= 0.6 is 0 Å². The molecule has 0 saturated carbocycles. The predicted octanol–water partition coefficient (Wildman–Crippen LogP) is 4.23. The molecule has 1 unspecified atom stereocenters. The summed E-state index contributed by atoms with van der Waals surface area (Å²) in [6.45, 7) is 14.4. The van der Waals surface area contributed by atoms with Crippen molar-refractivity contribution in [1.29, 1.82) is 0 Å². The van der Waals surface area contributed by atoms with Gasteiger partial charge in [-0.2, -0.15) is 0 Å². The second-order valence-electron chi connectivity index (χ2n) is 9.92. The van der Waals surface area contributed by atoms with Crippen molar-refractivity contribution in [3.63, 3.8) is 0 Å². The van der Waals surface area contributed by atoms with Crippen LogP contribution in [0.15, 0.2) is 30.3 Å². The summed E-state index contributed by atoms with van der Waals surface area (Å²) in [6.07, 6.45) is -0.529. The molecule has 168 valence electrons. The van der Waals surface area contributed by atoms with Gasteiger partial charge in [0.15, 0.2) is 8.32 Å². The molecule has 30 heavy (non-hydrogen) atoms. The molecular weight excluding hydrogens is 398 g/mol. The summed E-state index contributed by atoms with van der Waals surface area (Å²) in [6, 6.07) is 9.43. The third-order valence-electron chi connectivity index (χ3n) is 6.48. The van der Waals surface area contributed by atoms with Crippen LogP contribution < -0.4 is 0 Å². The van der Waals surface area contributed by atoms with Gasteiger partial charge < -0.3 is 14.3 Å². The monoisotopic (exact) mass is 435 g/mol. The van der Waals surface area contributed by atoms with E-state index in [2.05, 4.69) is 33.9 Å². The average Bonchev–Trinajstić information content (AvgIpc) is 3.04. The van der Waals surface area contributed by atoms with E-state index in [0.717, 1.165) is 5.56 Å². The molecule has 7 heteroatoms. The van der Waals surface area contributed by atoms with E-state index in [1.807, 2.05) is 37.3 Å². The van der Waals surface area contributed by atoms with Gasteiger partial charge in [-0.05, 0) is 30.1 Å². The van der Waals surface area contributed by atoms with E-state index >= 15 is 0 Å². The highest BCUT2D eigenvalue weighted by Crippen LogP contribution is 2.39. The number of aliphatic hydroxyl groups excluding tert-OH is 1. The lowest BCUT2D eigenvalue weighted by Crippen LogP contribution is -2.52. The van der Waals surface area contributed by atoms with Gasteiger partial charge in [0.05, 0.1) is 18.1 Å².